The lowest BCUT2D eigenvalue weighted by molar-refractivity contribution is 0.0120. The van der Waals surface area contributed by atoms with Gasteiger partial charge in [0.25, 0.3) is 0 Å². The minimum absolute atomic E-state index is 0.0593. The molecule has 0 aliphatic carbocycles. The number of hydrogen-bond donors (Lipinski definition) is 2. The highest BCUT2D eigenvalue weighted by Crippen LogP contribution is 2.13. The Morgan fingerprint density at radius 2 is 2.16 bits per heavy atom. The molecule has 110 valence electrons. The van der Waals surface area contributed by atoms with Gasteiger partial charge in [0.05, 0.1) is 12.1 Å². The molecule has 5 nitrogen and oxygen atoms in total. The lowest BCUT2D eigenvalue weighted by Gasteiger charge is -2.41. The van der Waals surface area contributed by atoms with Crippen molar-refractivity contribution < 1.29 is 9.90 Å². The van der Waals surface area contributed by atoms with Crippen LogP contribution in [0.4, 0.5) is 4.79 Å². The Kier molecular flexibility index (Phi) is 5.82. The Bertz CT molecular complexity index is 341. The lowest BCUT2D eigenvalue weighted by atomic mass is 10.1. The number of nitrogens with zero attached hydrogens (tertiary/aromatic N) is 2. The van der Waals surface area contributed by atoms with Gasteiger partial charge in [-0.05, 0) is 20.8 Å². The van der Waals surface area contributed by atoms with E-state index in [4.69, 9.17) is 0 Å². The molecule has 1 aliphatic rings. The van der Waals surface area contributed by atoms with Crippen molar-refractivity contribution in [2.75, 3.05) is 32.7 Å². The fourth-order valence-electron chi connectivity index (χ4n) is 2.30. The van der Waals surface area contributed by atoms with Crippen molar-refractivity contribution in [2.45, 2.75) is 32.4 Å². The molecule has 0 saturated carbocycles. The van der Waals surface area contributed by atoms with E-state index in [1.165, 1.54) is 0 Å². The summed E-state index contributed by atoms with van der Waals surface area (Å²) in [6.07, 6.45) is 0. The molecule has 0 aromatic carbocycles. The number of aliphatic hydroxyl groups is 1. The number of hydrogen-bond acceptors (Lipinski definition) is 3. The van der Waals surface area contributed by atoms with Crippen molar-refractivity contribution in [2.24, 2.45) is 0 Å². The maximum absolute atomic E-state index is 12.0. The van der Waals surface area contributed by atoms with E-state index in [9.17, 15) is 9.90 Å². The number of carbonyl (C=O) groups excluding carboxylic acids is 1. The molecular weight excluding hydrogens is 310 g/mol. The SMILES string of the molecule is C=C(Br)CNC(=O)N1CCN(CC(C)(C)O)CC1C. The summed E-state index contributed by atoms with van der Waals surface area (Å²) in [6, 6.07) is 0.0794. The van der Waals surface area contributed by atoms with Gasteiger partial charge in [0.15, 0.2) is 0 Å². The predicted molar refractivity (Wildman–Crippen MR) is 80.4 cm³/mol. The number of amides is 2. The number of β-amino-alcohol motifs (C(OH)–C–C–N with tert-alkyl or cyclic N) is 1. The quantitative estimate of drug-likeness (QED) is 0.817. The zero-order valence-corrected chi connectivity index (χ0v) is 13.5. The second kappa shape index (κ2) is 6.72. The van der Waals surface area contributed by atoms with E-state index < -0.39 is 5.60 Å². The Balaban J connectivity index is 2.45. The van der Waals surface area contributed by atoms with E-state index in [1.54, 1.807) is 13.8 Å². The van der Waals surface area contributed by atoms with Crippen LogP contribution < -0.4 is 5.32 Å². The van der Waals surface area contributed by atoms with Crippen LogP contribution >= 0.6 is 15.9 Å². The van der Waals surface area contributed by atoms with E-state index in [0.29, 0.717) is 19.6 Å². The fraction of sp³-hybridized carbons (Fsp3) is 0.769. The molecule has 1 atom stereocenters. The standard InChI is InChI=1S/C13H24BrN3O2/c1-10(14)7-15-12(18)17-6-5-16(8-11(17)2)9-13(3,4)19/h11,19H,1,5-9H2,2-4H3,(H,15,18). The van der Waals surface area contributed by atoms with Crippen LogP contribution in [0.25, 0.3) is 0 Å². The average molecular weight is 334 g/mol. The summed E-state index contributed by atoms with van der Waals surface area (Å²) < 4.78 is 0.758. The van der Waals surface area contributed by atoms with Gasteiger partial charge in [0, 0.05) is 36.7 Å². The monoisotopic (exact) mass is 333 g/mol. The Morgan fingerprint density at radius 1 is 1.53 bits per heavy atom. The minimum Gasteiger partial charge on any atom is -0.389 e. The Morgan fingerprint density at radius 3 is 2.63 bits per heavy atom. The number of halogens is 1. The molecule has 0 aromatic rings. The summed E-state index contributed by atoms with van der Waals surface area (Å²) >= 11 is 3.22. The molecule has 1 rings (SSSR count). The highest BCUT2D eigenvalue weighted by atomic mass is 79.9. The van der Waals surface area contributed by atoms with Gasteiger partial charge in [-0.2, -0.15) is 0 Å². The molecule has 1 saturated heterocycles. The normalized spacial score (nSPS) is 21.3. The first kappa shape index (κ1) is 16.5. The molecule has 1 aliphatic heterocycles. The maximum Gasteiger partial charge on any atom is 0.318 e. The largest absolute Gasteiger partial charge is 0.389 e. The van der Waals surface area contributed by atoms with Gasteiger partial charge in [0.2, 0.25) is 0 Å². The highest BCUT2D eigenvalue weighted by molar-refractivity contribution is 9.11. The van der Waals surface area contributed by atoms with Gasteiger partial charge in [0.1, 0.15) is 0 Å². The zero-order valence-electron chi connectivity index (χ0n) is 11.9. The molecule has 0 spiro atoms. The van der Waals surface area contributed by atoms with Crippen LogP contribution in [0.1, 0.15) is 20.8 Å². The van der Waals surface area contributed by atoms with E-state index in [-0.39, 0.29) is 12.1 Å². The molecule has 0 radical (unpaired) electrons. The van der Waals surface area contributed by atoms with E-state index >= 15 is 0 Å². The van der Waals surface area contributed by atoms with Gasteiger partial charge >= 0.3 is 6.03 Å². The third-order valence-electron chi connectivity index (χ3n) is 3.01. The van der Waals surface area contributed by atoms with Crippen LogP contribution in [0.15, 0.2) is 11.1 Å². The topological polar surface area (TPSA) is 55.8 Å². The second-order valence-corrected chi connectivity index (χ2v) is 6.89. The number of urea groups is 1. The molecule has 1 fully saturated rings. The second-order valence-electron chi connectivity index (χ2n) is 5.77. The zero-order chi connectivity index (χ0) is 14.6. The van der Waals surface area contributed by atoms with Crippen molar-refractivity contribution in [3.8, 4) is 0 Å². The number of carbonyl (C=O) groups is 1. The Hall–Kier alpha value is -0.590. The van der Waals surface area contributed by atoms with Gasteiger partial charge in [-0.25, -0.2) is 4.79 Å². The van der Waals surface area contributed by atoms with Crippen molar-refractivity contribution in [1.82, 2.24) is 15.1 Å². The summed E-state index contributed by atoms with van der Waals surface area (Å²) in [5, 5.41) is 12.6. The summed E-state index contributed by atoms with van der Waals surface area (Å²) in [6.45, 7) is 12.6. The van der Waals surface area contributed by atoms with Crippen LogP contribution in [0.2, 0.25) is 0 Å². The highest BCUT2D eigenvalue weighted by Gasteiger charge is 2.29. The molecule has 0 bridgehead atoms. The fourth-order valence-corrected chi connectivity index (χ4v) is 2.44. The molecule has 1 heterocycles. The molecule has 0 aromatic heterocycles. The first-order chi connectivity index (χ1) is 8.69. The first-order valence-corrected chi connectivity index (χ1v) is 7.31. The maximum atomic E-state index is 12.0. The van der Waals surface area contributed by atoms with E-state index in [1.807, 2.05) is 11.8 Å². The summed E-state index contributed by atoms with van der Waals surface area (Å²) in [7, 11) is 0. The van der Waals surface area contributed by atoms with Gasteiger partial charge < -0.3 is 15.3 Å². The van der Waals surface area contributed by atoms with Crippen molar-refractivity contribution in [3.63, 3.8) is 0 Å². The predicted octanol–water partition coefficient (Wildman–Crippen LogP) is 1.38. The molecule has 1 unspecified atom stereocenters. The molecule has 19 heavy (non-hydrogen) atoms. The van der Waals surface area contributed by atoms with Crippen molar-refractivity contribution in [1.29, 1.82) is 0 Å². The van der Waals surface area contributed by atoms with Crippen LogP contribution in [-0.4, -0.2) is 65.3 Å². The third kappa shape index (κ3) is 5.93. The van der Waals surface area contributed by atoms with Gasteiger partial charge in [-0.3, -0.25) is 4.90 Å². The number of piperazine rings is 1. The summed E-state index contributed by atoms with van der Waals surface area (Å²) in [5.74, 6) is 0. The third-order valence-corrected chi connectivity index (χ3v) is 3.29. The molecule has 6 heteroatoms. The number of rotatable bonds is 4. The van der Waals surface area contributed by atoms with E-state index in [2.05, 4.69) is 32.7 Å². The summed E-state index contributed by atoms with van der Waals surface area (Å²) in [4.78, 5) is 16.0. The molecular formula is C13H24BrN3O2. The Labute approximate surface area is 123 Å². The van der Waals surface area contributed by atoms with Gasteiger partial charge in [-0.15, -0.1) is 0 Å². The number of nitrogens with one attached hydrogen (secondary N) is 1. The molecule has 2 amide bonds. The lowest BCUT2D eigenvalue weighted by Crippen LogP contribution is -2.58. The minimum atomic E-state index is -0.697. The first-order valence-electron chi connectivity index (χ1n) is 6.51. The van der Waals surface area contributed by atoms with E-state index in [0.717, 1.165) is 17.6 Å². The van der Waals surface area contributed by atoms with Crippen LogP contribution in [0.3, 0.4) is 0 Å². The van der Waals surface area contributed by atoms with Crippen molar-refractivity contribution in [3.05, 3.63) is 11.1 Å². The van der Waals surface area contributed by atoms with Gasteiger partial charge in [-0.1, -0.05) is 22.5 Å². The van der Waals surface area contributed by atoms with Crippen LogP contribution in [-0.2, 0) is 0 Å². The van der Waals surface area contributed by atoms with Crippen LogP contribution in [0.5, 0.6) is 0 Å². The average Bonchev–Trinajstić information content (AvgIpc) is 2.23. The van der Waals surface area contributed by atoms with Crippen molar-refractivity contribution >= 4 is 22.0 Å². The molecule has 2 N–H and O–H groups in total. The summed E-state index contributed by atoms with van der Waals surface area (Å²) in [5.41, 5.74) is -0.697. The smallest absolute Gasteiger partial charge is 0.318 e. The van der Waals surface area contributed by atoms with Crippen LogP contribution in [0, 0.1) is 0 Å².